The number of rotatable bonds is 15. The third-order valence-electron chi connectivity index (χ3n) is 9.13. The molecule has 0 atom stereocenters. The molecule has 0 saturated carbocycles. The lowest BCUT2D eigenvalue weighted by Crippen LogP contribution is -2.38. The van der Waals surface area contributed by atoms with Crippen LogP contribution in [-0.2, 0) is 37.3 Å². The van der Waals surface area contributed by atoms with E-state index in [0.29, 0.717) is 55.6 Å². The number of likely N-dealkylation sites (tertiary alicyclic amines) is 1. The molecule has 1 aliphatic rings. The molecule has 6 heteroatoms. The van der Waals surface area contributed by atoms with Crippen LogP contribution in [0.1, 0.15) is 34.2 Å². The van der Waals surface area contributed by atoms with Crippen LogP contribution in [0.25, 0.3) is 0 Å². The Hall–Kier alpha value is -5.23. The van der Waals surface area contributed by atoms with Crippen molar-refractivity contribution in [3.8, 4) is 23.0 Å². The Balaban J connectivity index is 1.23. The predicted molar refractivity (Wildman–Crippen MR) is 189 cm³/mol. The van der Waals surface area contributed by atoms with Gasteiger partial charge in [0.2, 0.25) is 5.91 Å². The second-order valence-corrected chi connectivity index (χ2v) is 12.4. The summed E-state index contributed by atoms with van der Waals surface area (Å²) in [6.07, 6.45) is 2.74. The van der Waals surface area contributed by atoms with E-state index in [1.54, 1.807) is 14.2 Å². The van der Waals surface area contributed by atoms with E-state index in [2.05, 4.69) is 24.3 Å². The van der Waals surface area contributed by atoms with E-state index < -0.39 is 5.41 Å². The molecular formula is C42H43NO5. The average Bonchev–Trinajstić information content (AvgIpc) is 3.43. The smallest absolute Gasteiger partial charge is 0.229 e. The molecule has 6 rings (SSSR count). The zero-order valence-electron chi connectivity index (χ0n) is 27.8. The van der Waals surface area contributed by atoms with Gasteiger partial charge in [-0.15, -0.1) is 0 Å². The highest BCUT2D eigenvalue weighted by molar-refractivity contribution is 5.85. The number of nitrogens with zero attached hydrogens (tertiary/aromatic N) is 1. The number of carbonyl (C=O) groups is 1. The van der Waals surface area contributed by atoms with Crippen LogP contribution in [0.3, 0.4) is 0 Å². The van der Waals surface area contributed by atoms with Gasteiger partial charge in [0, 0.05) is 13.1 Å². The van der Waals surface area contributed by atoms with Crippen molar-refractivity contribution in [2.45, 2.75) is 38.9 Å². The molecule has 1 fully saturated rings. The molecule has 5 aromatic rings. The zero-order chi connectivity index (χ0) is 33.2. The predicted octanol–water partition coefficient (Wildman–Crippen LogP) is 8.11. The Morgan fingerprint density at radius 2 is 1.02 bits per heavy atom. The highest BCUT2D eigenvalue weighted by Gasteiger charge is 2.46. The van der Waals surface area contributed by atoms with E-state index in [1.807, 2.05) is 108 Å². The minimum Gasteiger partial charge on any atom is -0.493 e. The first-order chi connectivity index (χ1) is 23.5. The topological polar surface area (TPSA) is 57.2 Å². The maximum absolute atomic E-state index is 14.4. The van der Waals surface area contributed by atoms with Crippen LogP contribution in [-0.4, -0.2) is 38.1 Å². The van der Waals surface area contributed by atoms with Crippen molar-refractivity contribution in [3.63, 3.8) is 0 Å². The average molecular weight is 642 g/mol. The van der Waals surface area contributed by atoms with Crippen LogP contribution in [0.2, 0.25) is 0 Å². The van der Waals surface area contributed by atoms with Crippen LogP contribution in [0.5, 0.6) is 23.0 Å². The molecule has 0 unspecified atom stereocenters. The molecule has 48 heavy (non-hydrogen) atoms. The summed E-state index contributed by atoms with van der Waals surface area (Å²) in [6.45, 7) is 2.30. The Morgan fingerprint density at radius 1 is 0.562 bits per heavy atom. The van der Waals surface area contributed by atoms with Crippen molar-refractivity contribution in [1.29, 1.82) is 0 Å². The summed E-state index contributed by atoms with van der Waals surface area (Å²) in [5, 5.41) is 0. The fourth-order valence-electron chi connectivity index (χ4n) is 6.54. The first kappa shape index (κ1) is 32.7. The number of carbonyl (C=O) groups excluding carboxylic acids is 1. The molecule has 1 heterocycles. The van der Waals surface area contributed by atoms with E-state index in [9.17, 15) is 4.79 Å². The van der Waals surface area contributed by atoms with Crippen molar-refractivity contribution < 1.29 is 23.7 Å². The molecule has 5 aromatic carbocycles. The highest BCUT2D eigenvalue weighted by Crippen LogP contribution is 2.42. The molecular weight excluding hydrogens is 598 g/mol. The van der Waals surface area contributed by atoms with Gasteiger partial charge in [-0.2, -0.15) is 0 Å². The maximum atomic E-state index is 14.4. The van der Waals surface area contributed by atoms with E-state index in [-0.39, 0.29) is 5.91 Å². The molecule has 246 valence electrons. The lowest BCUT2D eigenvalue weighted by atomic mass is 9.75. The first-order valence-corrected chi connectivity index (χ1v) is 16.6. The molecule has 0 aromatic heterocycles. The Bertz CT molecular complexity index is 1680. The van der Waals surface area contributed by atoms with Gasteiger partial charge in [0.1, 0.15) is 13.2 Å². The number of ether oxygens (including phenoxy) is 4. The van der Waals surface area contributed by atoms with E-state index >= 15 is 0 Å². The van der Waals surface area contributed by atoms with Gasteiger partial charge in [0.25, 0.3) is 0 Å². The van der Waals surface area contributed by atoms with Crippen LogP contribution in [0.15, 0.2) is 127 Å². The Kier molecular flexibility index (Phi) is 10.6. The molecule has 1 saturated heterocycles. The largest absolute Gasteiger partial charge is 0.493 e. The highest BCUT2D eigenvalue weighted by atomic mass is 16.5. The van der Waals surface area contributed by atoms with E-state index in [1.165, 1.54) is 5.56 Å². The van der Waals surface area contributed by atoms with Gasteiger partial charge in [-0.1, -0.05) is 103 Å². The van der Waals surface area contributed by atoms with E-state index in [4.69, 9.17) is 18.9 Å². The molecule has 0 aliphatic carbocycles. The van der Waals surface area contributed by atoms with Crippen molar-refractivity contribution in [1.82, 2.24) is 4.90 Å². The summed E-state index contributed by atoms with van der Waals surface area (Å²) < 4.78 is 23.8. The molecule has 6 nitrogen and oxygen atoms in total. The van der Waals surface area contributed by atoms with Crippen molar-refractivity contribution >= 4 is 5.91 Å². The second kappa shape index (κ2) is 15.6. The Labute approximate surface area is 283 Å². The lowest BCUT2D eigenvalue weighted by Gasteiger charge is -2.29. The summed E-state index contributed by atoms with van der Waals surface area (Å²) in [5.41, 5.74) is 4.85. The molecule has 0 bridgehead atoms. The number of amides is 1. The SMILES string of the molecule is COc1cc(CC2(Cc3ccc(OCc4ccccc4)c(OC)c3)CCN(CCc3ccccc3)C2=O)ccc1OCc1ccccc1. The lowest BCUT2D eigenvalue weighted by molar-refractivity contribution is -0.136. The molecule has 0 N–H and O–H groups in total. The van der Waals surface area contributed by atoms with Gasteiger partial charge in [-0.05, 0) is 77.8 Å². The monoisotopic (exact) mass is 641 g/mol. The summed E-state index contributed by atoms with van der Waals surface area (Å²) in [6, 6.07) is 42.6. The summed E-state index contributed by atoms with van der Waals surface area (Å²) in [5.74, 6) is 2.86. The van der Waals surface area contributed by atoms with Crippen LogP contribution in [0, 0.1) is 5.41 Å². The first-order valence-electron chi connectivity index (χ1n) is 16.6. The van der Waals surface area contributed by atoms with Crippen molar-refractivity contribution in [3.05, 3.63) is 155 Å². The number of methoxy groups -OCH3 is 2. The van der Waals surface area contributed by atoms with Crippen LogP contribution in [0.4, 0.5) is 0 Å². The summed E-state index contributed by atoms with van der Waals surface area (Å²) in [4.78, 5) is 16.5. The minimum absolute atomic E-state index is 0.185. The van der Waals surface area contributed by atoms with Gasteiger partial charge < -0.3 is 23.8 Å². The van der Waals surface area contributed by atoms with Crippen molar-refractivity contribution in [2.24, 2.45) is 5.41 Å². The van der Waals surface area contributed by atoms with Crippen LogP contribution >= 0.6 is 0 Å². The fraction of sp³-hybridized carbons (Fsp3) is 0.262. The van der Waals surface area contributed by atoms with Crippen LogP contribution < -0.4 is 18.9 Å². The van der Waals surface area contributed by atoms with Gasteiger partial charge in [0.05, 0.1) is 19.6 Å². The van der Waals surface area contributed by atoms with Gasteiger partial charge in [-0.3, -0.25) is 4.79 Å². The Morgan fingerprint density at radius 3 is 1.48 bits per heavy atom. The number of hydrogen-bond acceptors (Lipinski definition) is 5. The zero-order valence-corrected chi connectivity index (χ0v) is 27.8. The minimum atomic E-state index is -0.620. The maximum Gasteiger partial charge on any atom is 0.229 e. The third-order valence-corrected chi connectivity index (χ3v) is 9.13. The fourth-order valence-corrected chi connectivity index (χ4v) is 6.54. The third kappa shape index (κ3) is 8.00. The second-order valence-electron chi connectivity index (χ2n) is 12.4. The molecule has 1 aliphatic heterocycles. The molecule has 1 amide bonds. The van der Waals surface area contributed by atoms with E-state index in [0.717, 1.165) is 41.6 Å². The quantitative estimate of drug-likeness (QED) is 0.116. The number of benzene rings is 5. The molecule has 0 radical (unpaired) electrons. The van der Waals surface area contributed by atoms with Crippen molar-refractivity contribution in [2.75, 3.05) is 27.3 Å². The normalized spacial score (nSPS) is 13.7. The van der Waals surface area contributed by atoms with Gasteiger partial charge in [0.15, 0.2) is 23.0 Å². The standard InChI is InChI=1S/C42H43NO5/c1-45-39-26-35(18-20-37(39)47-30-33-14-8-4-9-15-33)28-42(23-25-43(41(42)44)24-22-32-12-6-3-7-13-32)29-36-19-21-38(40(27-36)46-2)48-31-34-16-10-5-11-17-34/h3-21,26-27H,22-25,28-31H2,1-2H3. The van der Waals surface area contributed by atoms with Gasteiger partial charge >= 0.3 is 0 Å². The number of hydrogen-bond donors (Lipinski definition) is 0. The molecule has 0 spiro atoms. The summed E-state index contributed by atoms with van der Waals surface area (Å²) in [7, 11) is 3.31. The summed E-state index contributed by atoms with van der Waals surface area (Å²) >= 11 is 0. The van der Waals surface area contributed by atoms with Gasteiger partial charge in [-0.25, -0.2) is 0 Å².